The fraction of sp³-hybridized carbons (Fsp3) is 0.900. The second-order valence-electron chi connectivity index (χ2n) is 4.83. The number of nitrogens with one attached hydrogen (secondary N) is 2. The van der Waals surface area contributed by atoms with Crippen molar-refractivity contribution in [3.8, 4) is 0 Å². The van der Waals surface area contributed by atoms with Gasteiger partial charge in [0.15, 0.2) is 0 Å². The molecule has 0 aromatic heterocycles. The highest BCUT2D eigenvalue weighted by molar-refractivity contribution is 7.90. The summed E-state index contributed by atoms with van der Waals surface area (Å²) in [6, 6.07) is -0.346. The van der Waals surface area contributed by atoms with Crippen LogP contribution in [0.3, 0.4) is 0 Å². The van der Waals surface area contributed by atoms with E-state index in [-0.39, 0.29) is 17.7 Å². The highest BCUT2D eigenvalue weighted by Crippen LogP contribution is 2.18. The Hall–Kier alpha value is -0.620. The molecular formula is C10H20N2O3S. The van der Waals surface area contributed by atoms with E-state index in [1.54, 1.807) is 6.92 Å². The van der Waals surface area contributed by atoms with Crippen molar-refractivity contribution in [2.45, 2.75) is 38.3 Å². The molecule has 5 nitrogen and oxygen atoms in total. The van der Waals surface area contributed by atoms with Crippen molar-refractivity contribution >= 4 is 15.7 Å². The van der Waals surface area contributed by atoms with Gasteiger partial charge in [-0.05, 0) is 33.2 Å². The first kappa shape index (κ1) is 13.4. The molecule has 94 valence electrons. The molecular weight excluding hydrogens is 228 g/mol. The summed E-state index contributed by atoms with van der Waals surface area (Å²) >= 11 is 0. The molecule has 0 bridgehead atoms. The first-order valence-corrected chi connectivity index (χ1v) is 7.53. The third kappa shape index (κ3) is 3.75. The van der Waals surface area contributed by atoms with Crippen LogP contribution in [0.2, 0.25) is 0 Å². The molecule has 2 unspecified atom stereocenters. The van der Waals surface area contributed by atoms with Crippen molar-refractivity contribution in [1.29, 1.82) is 0 Å². The smallest absolute Gasteiger partial charge is 0.240 e. The van der Waals surface area contributed by atoms with Gasteiger partial charge in [0.1, 0.15) is 9.84 Å². The largest absolute Gasteiger partial charge is 0.351 e. The monoisotopic (exact) mass is 248 g/mol. The fourth-order valence-electron chi connectivity index (χ4n) is 1.97. The standard InChI is InChI=1S/C10H20N2O3S/c1-8(7-16(3,14)15)12-9(13)10(2)5-4-6-11-10/h8,11H,4-7H2,1-3H3,(H,12,13). The van der Waals surface area contributed by atoms with Gasteiger partial charge in [0.25, 0.3) is 0 Å². The van der Waals surface area contributed by atoms with Crippen molar-refractivity contribution in [3.05, 3.63) is 0 Å². The number of carbonyl (C=O) groups is 1. The molecule has 1 heterocycles. The SMILES string of the molecule is CC(CS(C)(=O)=O)NC(=O)C1(C)CCCN1. The summed E-state index contributed by atoms with van der Waals surface area (Å²) in [6.07, 6.45) is 2.94. The summed E-state index contributed by atoms with van der Waals surface area (Å²) in [5.41, 5.74) is -0.536. The molecule has 1 aliphatic rings. The molecule has 1 saturated heterocycles. The van der Waals surface area contributed by atoms with E-state index in [1.807, 2.05) is 6.92 Å². The van der Waals surface area contributed by atoms with Gasteiger partial charge in [0.05, 0.1) is 11.3 Å². The van der Waals surface area contributed by atoms with Crippen molar-refractivity contribution in [3.63, 3.8) is 0 Å². The zero-order valence-electron chi connectivity index (χ0n) is 10.0. The van der Waals surface area contributed by atoms with E-state index in [4.69, 9.17) is 0 Å². The van der Waals surface area contributed by atoms with Crippen LogP contribution < -0.4 is 10.6 Å². The minimum absolute atomic E-state index is 0.0190. The van der Waals surface area contributed by atoms with E-state index in [2.05, 4.69) is 10.6 Å². The maximum Gasteiger partial charge on any atom is 0.240 e. The summed E-state index contributed by atoms with van der Waals surface area (Å²) < 4.78 is 22.1. The lowest BCUT2D eigenvalue weighted by Gasteiger charge is -2.25. The Morgan fingerprint density at radius 3 is 2.62 bits per heavy atom. The minimum atomic E-state index is -3.05. The third-order valence-electron chi connectivity index (χ3n) is 2.80. The normalized spacial score (nSPS) is 27.7. The zero-order chi connectivity index (χ0) is 12.4. The molecule has 1 amide bonds. The number of carbonyl (C=O) groups excluding carboxylic acids is 1. The Kier molecular flexibility index (Phi) is 3.96. The lowest BCUT2D eigenvalue weighted by molar-refractivity contribution is -0.126. The molecule has 0 saturated carbocycles. The van der Waals surface area contributed by atoms with Crippen molar-refractivity contribution < 1.29 is 13.2 Å². The summed E-state index contributed by atoms with van der Waals surface area (Å²) in [5, 5.41) is 5.88. The molecule has 1 aliphatic heterocycles. The van der Waals surface area contributed by atoms with Gasteiger partial charge in [-0.2, -0.15) is 0 Å². The predicted octanol–water partition coefficient (Wildman–Crippen LogP) is -0.322. The van der Waals surface area contributed by atoms with E-state index in [0.29, 0.717) is 0 Å². The summed E-state index contributed by atoms with van der Waals surface area (Å²) in [4.78, 5) is 11.9. The highest BCUT2D eigenvalue weighted by Gasteiger charge is 2.36. The van der Waals surface area contributed by atoms with E-state index >= 15 is 0 Å². The maximum absolute atomic E-state index is 11.9. The van der Waals surface area contributed by atoms with Crippen molar-refractivity contribution in [2.24, 2.45) is 0 Å². The molecule has 0 radical (unpaired) electrons. The molecule has 16 heavy (non-hydrogen) atoms. The van der Waals surface area contributed by atoms with Crippen LogP contribution >= 0.6 is 0 Å². The van der Waals surface area contributed by atoms with E-state index in [9.17, 15) is 13.2 Å². The molecule has 0 aliphatic carbocycles. The molecule has 1 rings (SSSR count). The average molecular weight is 248 g/mol. The van der Waals surface area contributed by atoms with Crippen molar-refractivity contribution in [1.82, 2.24) is 10.6 Å². The topological polar surface area (TPSA) is 75.3 Å². The van der Waals surface area contributed by atoms with Crippen LogP contribution in [0.15, 0.2) is 0 Å². The van der Waals surface area contributed by atoms with Gasteiger partial charge in [0, 0.05) is 12.3 Å². The van der Waals surface area contributed by atoms with Gasteiger partial charge in [-0.15, -0.1) is 0 Å². The quantitative estimate of drug-likeness (QED) is 0.715. The van der Waals surface area contributed by atoms with Gasteiger partial charge in [-0.1, -0.05) is 0 Å². The molecule has 6 heteroatoms. The van der Waals surface area contributed by atoms with Gasteiger partial charge in [-0.25, -0.2) is 8.42 Å². The number of hydrogen-bond donors (Lipinski definition) is 2. The van der Waals surface area contributed by atoms with Gasteiger partial charge < -0.3 is 10.6 Å². The number of amides is 1. The van der Waals surface area contributed by atoms with E-state index in [1.165, 1.54) is 6.26 Å². The number of sulfone groups is 1. The Morgan fingerprint density at radius 2 is 2.19 bits per heavy atom. The first-order valence-electron chi connectivity index (χ1n) is 5.47. The molecule has 1 fully saturated rings. The molecule has 0 aromatic rings. The Bertz CT molecular complexity index is 358. The highest BCUT2D eigenvalue weighted by atomic mass is 32.2. The van der Waals surface area contributed by atoms with Crippen LogP contribution in [-0.2, 0) is 14.6 Å². The van der Waals surface area contributed by atoms with Crippen molar-refractivity contribution in [2.75, 3.05) is 18.6 Å². The maximum atomic E-state index is 11.9. The van der Waals surface area contributed by atoms with Crippen LogP contribution in [0.1, 0.15) is 26.7 Å². The van der Waals surface area contributed by atoms with Gasteiger partial charge in [0.2, 0.25) is 5.91 Å². The van der Waals surface area contributed by atoms with Gasteiger partial charge >= 0.3 is 0 Å². The summed E-state index contributed by atoms with van der Waals surface area (Å²) in [5.74, 6) is -0.129. The van der Waals surface area contributed by atoms with Crippen LogP contribution in [0.25, 0.3) is 0 Å². The number of rotatable bonds is 4. The van der Waals surface area contributed by atoms with Crippen LogP contribution in [-0.4, -0.2) is 44.5 Å². The van der Waals surface area contributed by atoms with Crippen LogP contribution in [0, 0.1) is 0 Å². The van der Waals surface area contributed by atoms with Crippen LogP contribution in [0.5, 0.6) is 0 Å². The molecule has 0 aromatic carbocycles. The average Bonchev–Trinajstić information content (AvgIpc) is 2.49. The Labute approximate surface area is 96.9 Å². The van der Waals surface area contributed by atoms with Crippen LogP contribution in [0.4, 0.5) is 0 Å². The summed E-state index contributed by atoms with van der Waals surface area (Å²) in [6.45, 7) is 4.39. The van der Waals surface area contributed by atoms with E-state index < -0.39 is 15.4 Å². The predicted molar refractivity (Wildman–Crippen MR) is 63.0 cm³/mol. The Morgan fingerprint density at radius 1 is 1.56 bits per heavy atom. The van der Waals surface area contributed by atoms with E-state index in [0.717, 1.165) is 19.4 Å². The van der Waals surface area contributed by atoms with Gasteiger partial charge in [-0.3, -0.25) is 4.79 Å². The third-order valence-corrected chi connectivity index (χ3v) is 3.91. The zero-order valence-corrected chi connectivity index (χ0v) is 10.9. The lowest BCUT2D eigenvalue weighted by atomic mass is 9.99. The second kappa shape index (κ2) is 4.71. The molecule has 2 atom stereocenters. The Balaban J connectivity index is 2.51. The fourth-order valence-corrected chi connectivity index (χ4v) is 2.96. The lowest BCUT2D eigenvalue weighted by Crippen LogP contribution is -2.54. The second-order valence-corrected chi connectivity index (χ2v) is 7.01. The number of hydrogen-bond acceptors (Lipinski definition) is 4. The molecule has 2 N–H and O–H groups in total. The first-order chi connectivity index (χ1) is 7.23. The summed E-state index contributed by atoms with van der Waals surface area (Å²) in [7, 11) is -3.05. The minimum Gasteiger partial charge on any atom is -0.351 e. The molecule has 0 spiro atoms.